The lowest BCUT2D eigenvalue weighted by atomic mass is 9.97. The molecule has 33 heavy (non-hydrogen) atoms. The fourth-order valence-corrected chi connectivity index (χ4v) is 4.26. The molecule has 1 fully saturated rings. The van der Waals surface area contributed by atoms with Crippen LogP contribution in [0.25, 0.3) is 0 Å². The lowest BCUT2D eigenvalue weighted by Gasteiger charge is -2.37. The molecule has 2 heterocycles. The second kappa shape index (κ2) is 10.4. The second-order valence-corrected chi connectivity index (χ2v) is 10.4. The van der Waals surface area contributed by atoms with Crippen LogP contribution in [0.2, 0.25) is 0 Å². The normalized spacial score (nSPS) is 17.1. The number of hydrogen-bond donors (Lipinski definition) is 1. The van der Waals surface area contributed by atoms with Gasteiger partial charge in [0.25, 0.3) is 0 Å². The van der Waals surface area contributed by atoms with E-state index >= 15 is 0 Å². The maximum absolute atomic E-state index is 13.0. The summed E-state index contributed by atoms with van der Waals surface area (Å²) >= 11 is 0. The van der Waals surface area contributed by atoms with E-state index in [-0.39, 0.29) is 23.9 Å². The zero-order chi connectivity index (χ0) is 24.2. The first-order chi connectivity index (χ1) is 15.5. The third-order valence-electron chi connectivity index (χ3n) is 5.95. The maximum atomic E-state index is 13.0. The summed E-state index contributed by atoms with van der Waals surface area (Å²) in [5.74, 6) is 0.693. The van der Waals surface area contributed by atoms with Gasteiger partial charge in [0.15, 0.2) is 0 Å². The molecule has 1 aromatic rings. The monoisotopic (exact) mass is 458 g/mol. The topological polar surface area (TPSA) is 82.2 Å². The standard InChI is InChI=1S/C25H38N4O4/c1-18(2)16-22(30)28-14-15-29(21-9-7-6-8-20(21)28)23(31)26-17-19-10-12-27(13-11-19)24(32)33-25(3,4)5/h6-9,18-19H,10-17H2,1-5H3,(H,26,31). The molecule has 3 rings (SSSR count). The molecule has 1 N–H and O–H groups in total. The van der Waals surface area contributed by atoms with Crippen LogP contribution in [0.5, 0.6) is 0 Å². The van der Waals surface area contributed by atoms with E-state index in [9.17, 15) is 14.4 Å². The Labute approximate surface area is 197 Å². The third kappa shape index (κ3) is 6.62. The van der Waals surface area contributed by atoms with Crippen molar-refractivity contribution < 1.29 is 19.1 Å². The summed E-state index contributed by atoms with van der Waals surface area (Å²) in [4.78, 5) is 43.2. The van der Waals surface area contributed by atoms with Crippen molar-refractivity contribution in [3.8, 4) is 0 Å². The molecular weight excluding hydrogens is 420 g/mol. The van der Waals surface area contributed by atoms with E-state index in [0.29, 0.717) is 45.1 Å². The Morgan fingerprint density at radius 1 is 1.00 bits per heavy atom. The van der Waals surface area contributed by atoms with Crippen LogP contribution in [0.3, 0.4) is 0 Å². The van der Waals surface area contributed by atoms with Crippen LogP contribution in [-0.4, -0.2) is 61.3 Å². The Balaban J connectivity index is 1.54. The highest BCUT2D eigenvalue weighted by atomic mass is 16.6. The highest BCUT2D eigenvalue weighted by Gasteiger charge is 2.31. The van der Waals surface area contributed by atoms with E-state index in [1.807, 2.05) is 58.9 Å². The number of amides is 4. The molecule has 0 bridgehead atoms. The zero-order valence-electron chi connectivity index (χ0n) is 20.6. The van der Waals surface area contributed by atoms with E-state index in [1.54, 1.807) is 14.7 Å². The average molecular weight is 459 g/mol. The lowest BCUT2D eigenvalue weighted by Crippen LogP contribution is -2.51. The Morgan fingerprint density at radius 2 is 1.58 bits per heavy atom. The molecular formula is C25H38N4O4. The summed E-state index contributed by atoms with van der Waals surface area (Å²) < 4.78 is 5.45. The van der Waals surface area contributed by atoms with E-state index in [0.717, 1.165) is 24.2 Å². The van der Waals surface area contributed by atoms with Crippen LogP contribution in [0, 0.1) is 11.8 Å². The van der Waals surface area contributed by atoms with Gasteiger partial charge in [0.1, 0.15) is 5.60 Å². The second-order valence-electron chi connectivity index (χ2n) is 10.4. The van der Waals surface area contributed by atoms with Crippen molar-refractivity contribution in [3.05, 3.63) is 24.3 Å². The molecule has 2 aliphatic heterocycles. The summed E-state index contributed by atoms with van der Waals surface area (Å²) in [5.41, 5.74) is 1.05. The van der Waals surface area contributed by atoms with Gasteiger partial charge in [0.05, 0.1) is 11.4 Å². The summed E-state index contributed by atoms with van der Waals surface area (Å²) in [5, 5.41) is 3.07. The number of rotatable bonds is 4. The van der Waals surface area contributed by atoms with Crippen LogP contribution in [0.1, 0.15) is 53.9 Å². The molecule has 1 saturated heterocycles. The van der Waals surface area contributed by atoms with E-state index < -0.39 is 5.60 Å². The molecule has 8 nitrogen and oxygen atoms in total. The van der Waals surface area contributed by atoms with Gasteiger partial charge in [-0.2, -0.15) is 0 Å². The summed E-state index contributed by atoms with van der Waals surface area (Å²) in [7, 11) is 0. The highest BCUT2D eigenvalue weighted by molar-refractivity contribution is 6.03. The van der Waals surface area contributed by atoms with Gasteiger partial charge in [-0.15, -0.1) is 0 Å². The number of nitrogens with zero attached hydrogens (tertiary/aromatic N) is 3. The largest absolute Gasteiger partial charge is 0.444 e. The van der Waals surface area contributed by atoms with Crippen LogP contribution in [0.15, 0.2) is 24.3 Å². The molecule has 4 amide bonds. The van der Waals surface area contributed by atoms with Crippen LogP contribution in [0.4, 0.5) is 21.0 Å². The third-order valence-corrected chi connectivity index (χ3v) is 5.95. The first-order valence-corrected chi connectivity index (χ1v) is 12.0. The molecule has 182 valence electrons. The number of carbonyl (C=O) groups excluding carboxylic acids is 3. The van der Waals surface area contributed by atoms with Crippen molar-refractivity contribution in [2.45, 2.75) is 59.5 Å². The number of benzene rings is 1. The fourth-order valence-electron chi connectivity index (χ4n) is 4.26. The van der Waals surface area contributed by atoms with Gasteiger partial charge in [0, 0.05) is 39.1 Å². The predicted octanol–water partition coefficient (Wildman–Crippen LogP) is 4.24. The molecule has 1 aromatic carbocycles. The van der Waals surface area contributed by atoms with Gasteiger partial charge in [0.2, 0.25) is 5.91 Å². The minimum Gasteiger partial charge on any atom is -0.444 e. The first kappa shape index (κ1) is 24.9. The Hall–Kier alpha value is -2.77. The number of anilines is 2. The van der Waals surface area contributed by atoms with Crippen molar-refractivity contribution in [1.82, 2.24) is 10.2 Å². The number of carbonyl (C=O) groups is 3. The molecule has 8 heteroatoms. The number of para-hydroxylation sites is 2. The number of urea groups is 1. The van der Waals surface area contributed by atoms with Crippen molar-refractivity contribution in [2.24, 2.45) is 11.8 Å². The minimum atomic E-state index is -0.498. The summed E-state index contributed by atoms with van der Waals surface area (Å²) in [6.45, 7) is 12.5. The van der Waals surface area contributed by atoms with E-state index in [2.05, 4.69) is 5.32 Å². The average Bonchev–Trinajstić information content (AvgIpc) is 2.75. The van der Waals surface area contributed by atoms with E-state index in [4.69, 9.17) is 4.74 Å². The lowest BCUT2D eigenvalue weighted by molar-refractivity contribution is -0.119. The SMILES string of the molecule is CC(C)CC(=O)N1CCN(C(=O)NCC2CCN(C(=O)OC(C)(C)C)CC2)c2ccccc21. The Bertz CT molecular complexity index is 856. The van der Waals surface area contributed by atoms with Crippen LogP contribution < -0.4 is 15.1 Å². The zero-order valence-corrected chi connectivity index (χ0v) is 20.6. The molecule has 0 radical (unpaired) electrons. The van der Waals surface area contributed by atoms with Crippen molar-refractivity contribution in [3.63, 3.8) is 0 Å². The number of fused-ring (bicyclic) bond motifs is 1. The molecule has 0 spiro atoms. The quantitative estimate of drug-likeness (QED) is 0.732. The maximum Gasteiger partial charge on any atom is 0.410 e. The molecule has 2 aliphatic rings. The van der Waals surface area contributed by atoms with Gasteiger partial charge >= 0.3 is 12.1 Å². The van der Waals surface area contributed by atoms with Crippen molar-refractivity contribution in [1.29, 1.82) is 0 Å². The summed E-state index contributed by atoms with van der Waals surface area (Å²) in [6.07, 6.45) is 1.87. The summed E-state index contributed by atoms with van der Waals surface area (Å²) in [6, 6.07) is 7.44. The molecule has 0 unspecified atom stereocenters. The number of ether oxygens (including phenoxy) is 1. The molecule has 0 aromatic heterocycles. The minimum absolute atomic E-state index is 0.0919. The van der Waals surface area contributed by atoms with Crippen molar-refractivity contribution >= 4 is 29.4 Å². The van der Waals surface area contributed by atoms with Gasteiger partial charge < -0.3 is 19.9 Å². The molecule has 0 aliphatic carbocycles. The fraction of sp³-hybridized carbons (Fsp3) is 0.640. The number of likely N-dealkylation sites (tertiary alicyclic amines) is 1. The van der Waals surface area contributed by atoms with Gasteiger partial charge in [-0.1, -0.05) is 26.0 Å². The van der Waals surface area contributed by atoms with Crippen LogP contribution in [-0.2, 0) is 9.53 Å². The Morgan fingerprint density at radius 3 is 2.15 bits per heavy atom. The van der Waals surface area contributed by atoms with Crippen molar-refractivity contribution in [2.75, 3.05) is 42.5 Å². The number of piperidine rings is 1. The van der Waals surface area contributed by atoms with Gasteiger partial charge in [-0.3, -0.25) is 9.69 Å². The van der Waals surface area contributed by atoms with Gasteiger partial charge in [-0.25, -0.2) is 9.59 Å². The smallest absolute Gasteiger partial charge is 0.410 e. The Kier molecular flexibility index (Phi) is 7.87. The highest BCUT2D eigenvalue weighted by Crippen LogP contribution is 2.33. The molecule has 0 atom stereocenters. The van der Waals surface area contributed by atoms with Crippen LogP contribution >= 0.6 is 0 Å². The van der Waals surface area contributed by atoms with Gasteiger partial charge in [-0.05, 0) is 57.6 Å². The number of hydrogen-bond acceptors (Lipinski definition) is 4. The molecule has 0 saturated carbocycles. The van der Waals surface area contributed by atoms with E-state index in [1.165, 1.54) is 0 Å². The first-order valence-electron chi connectivity index (χ1n) is 12.0. The number of nitrogens with one attached hydrogen (secondary N) is 1. The predicted molar refractivity (Wildman–Crippen MR) is 130 cm³/mol.